The summed E-state index contributed by atoms with van der Waals surface area (Å²) in [6, 6.07) is 8.84. The molecule has 0 unspecified atom stereocenters. The summed E-state index contributed by atoms with van der Waals surface area (Å²) in [6.07, 6.45) is 2.06. The van der Waals surface area contributed by atoms with Crippen molar-refractivity contribution in [3.63, 3.8) is 0 Å². The average Bonchev–Trinajstić information content (AvgIpc) is 2.95. The van der Waals surface area contributed by atoms with Gasteiger partial charge in [-0.15, -0.1) is 0 Å². The molecule has 0 atom stereocenters. The molecule has 0 aliphatic carbocycles. The van der Waals surface area contributed by atoms with Crippen LogP contribution in [0.3, 0.4) is 0 Å². The molecular formula is C18H20N4O2. The van der Waals surface area contributed by atoms with E-state index in [0.717, 1.165) is 17.8 Å². The third-order valence-corrected chi connectivity index (χ3v) is 3.66. The van der Waals surface area contributed by atoms with Gasteiger partial charge in [0.1, 0.15) is 11.4 Å². The van der Waals surface area contributed by atoms with Gasteiger partial charge in [-0.25, -0.2) is 0 Å². The Morgan fingerprint density at radius 1 is 1.12 bits per heavy atom. The van der Waals surface area contributed by atoms with Gasteiger partial charge >= 0.3 is 0 Å². The fraction of sp³-hybridized carbons (Fsp3) is 0.389. The second kappa shape index (κ2) is 8.14. The van der Waals surface area contributed by atoms with E-state index in [9.17, 15) is 0 Å². The molecule has 6 heteroatoms. The number of hydrogen-bond donors (Lipinski definition) is 1. The first-order chi connectivity index (χ1) is 11.7. The second-order valence-corrected chi connectivity index (χ2v) is 5.30. The fourth-order valence-electron chi connectivity index (χ4n) is 2.54. The van der Waals surface area contributed by atoms with Crippen LogP contribution in [-0.2, 0) is 19.4 Å². The standard InChI is InChI=1S/C18H20N4O2/c1-3-16-18(17(4-2)22(21-16)6-5-7-23)24-15-9-13(11-19)8-14(10-15)12-20/h8-10,23H,3-7H2,1-2H3. The quantitative estimate of drug-likeness (QED) is 0.845. The van der Waals surface area contributed by atoms with Crippen LogP contribution in [0.2, 0.25) is 0 Å². The van der Waals surface area contributed by atoms with Crippen molar-refractivity contribution in [1.29, 1.82) is 10.5 Å². The van der Waals surface area contributed by atoms with E-state index in [1.165, 1.54) is 6.07 Å². The molecule has 124 valence electrons. The first kappa shape index (κ1) is 17.5. The zero-order valence-corrected chi connectivity index (χ0v) is 13.9. The van der Waals surface area contributed by atoms with Crippen molar-refractivity contribution in [2.45, 2.75) is 39.7 Å². The minimum Gasteiger partial charge on any atom is -0.453 e. The van der Waals surface area contributed by atoms with Gasteiger partial charge in [0.2, 0.25) is 0 Å². The van der Waals surface area contributed by atoms with Gasteiger partial charge in [0.05, 0.1) is 29.0 Å². The SMILES string of the molecule is CCc1nn(CCCO)c(CC)c1Oc1cc(C#N)cc(C#N)c1. The number of aliphatic hydroxyl groups is 1. The number of hydrogen-bond acceptors (Lipinski definition) is 5. The first-order valence-electron chi connectivity index (χ1n) is 7.99. The van der Waals surface area contributed by atoms with Gasteiger partial charge in [-0.2, -0.15) is 15.6 Å². The Morgan fingerprint density at radius 3 is 2.29 bits per heavy atom. The van der Waals surface area contributed by atoms with Crippen molar-refractivity contribution in [3.05, 3.63) is 40.7 Å². The highest BCUT2D eigenvalue weighted by atomic mass is 16.5. The number of aromatic nitrogens is 2. The highest BCUT2D eigenvalue weighted by molar-refractivity contribution is 5.48. The molecule has 24 heavy (non-hydrogen) atoms. The summed E-state index contributed by atoms with van der Waals surface area (Å²) in [5.41, 5.74) is 2.53. The van der Waals surface area contributed by atoms with Gasteiger partial charge in [0.15, 0.2) is 5.75 Å². The lowest BCUT2D eigenvalue weighted by Gasteiger charge is -2.10. The van der Waals surface area contributed by atoms with Crippen LogP contribution in [0.15, 0.2) is 18.2 Å². The molecule has 0 aliphatic heterocycles. The van der Waals surface area contributed by atoms with E-state index in [1.54, 1.807) is 12.1 Å². The van der Waals surface area contributed by atoms with Gasteiger partial charge in [-0.05, 0) is 37.5 Å². The van der Waals surface area contributed by atoms with Crippen molar-refractivity contribution in [2.24, 2.45) is 0 Å². The van der Waals surface area contributed by atoms with Gasteiger partial charge in [0.25, 0.3) is 0 Å². The molecule has 1 N–H and O–H groups in total. The summed E-state index contributed by atoms with van der Waals surface area (Å²) >= 11 is 0. The molecule has 0 saturated carbocycles. The molecule has 0 bridgehead atoms. The highest BCUT2D eigenvalue weighted by Crippen LogP contribution is 2.31. The van der Waals surface area contributed by atoms with E-state index in [0.29, 0.717) is 42.0 Å². The lowest BCUT2D eigenvalue weighted by molar-refractivity contribution is 0.276. The average molecular weight is 324 g/mol. The van der Waals surface area contributed by atoms with E-state index in [1.807, 2.05) is 30.7 Å². The van der Waals surface area contributed by atoms with Crippen LogP contribution in [0.1, 0.15) is 42.8 Å². The van der Waals surface area contributed by atoms with E-state index in [-0.39, 0.29) is 6.61 Å². The molecule has 2 rings (SSSR count). The van der Waals surface area contributed by atoms with Gasteiger partial charge in [-0.1, -0.05) is 13.8 Å². The topological polar surface area (TPSA) is 94.9 Å². The molecule has 1 aromatic heterocycles. The predicted molar refractivity (Wildman–Crippen MR) is 88.6 cm³/mol. The Kier molecular flexibility index (Phi) is 5.95. The smallest absolute Gasteiger partial charge is 0.171 e. The molecule has 0 aliphatic rings. The number of aliphatic hydroxyl groups excluding tert-OH is 1. The lowest BCUT2D eigenvalue weighted by atomic mass is 10.1. The van der Waals surface area contributed by atoms with Crippen molar-refractivity contribution in [3.8, 4) is 23.6 Å². The van der Waals surface area contributed by atoms with Crippen molar-refractivity contribution >= 4 is 0 Å². The number of nitrogens with zero attached hydrogens (tertiary/aromatic N) is 4. The van der Waals surface area contributed by atoms with Gasteiger partial charge < -0.3 is 9.84 Å². The first-order valence-corrected chi connectivity index (χ1v) is 7.99. The normalized spacial score (nSPS) is 10.2. The summed E-state index contributed by atoms with van der Waals surface area (Å²) in [5.74, 6) is 1.13. The van der Waals surface area contributed by atoms with Crippen LogP contribution in [-0.4, -0.2) is 21.5 Å². The minimum atomic E-state index is 0.108. The monoisotopic (exact) mass is 324 g/mol. The molecule has 0 fully saturated rings. The van der Waals surface area contributed by atoms with Crippen LogP contribution in [0.25, 0.3) is 0 Å². The van der Waals surface area contributed by atoms with Crippen LogP contribution in [0, 0.1) is 22.7 Å². The molecule has 0 saturated heterocycles. The van der Waals surface area contributed by atoms with E-state index < -0.39 is 0 Å². The lowest BCUT2D eigenvalue weighted by Crippen LogP contribution is -2.06. The Labute approximate surface area is 141 Å². The maximum absolute atomic E-state index is 9.10. The van der Waals surface area contributed by atoms with E-state index >= 15 is 0 Å². The molecule has 6 nitrogen and oxygen atoms in total. The summed E-state index contributed by atoms with van der Waals surface area (Å²) in [5, 5.41) is 31.8. The number of rotatable bonds is 7. The third kappa shape index (κ3) is 3.73. The molecule has 2 aromatic rings. The third-order valence-electron chi connectivity index (χ3n) is 3.66. The highest BCUT2D eigenvalue weighted by Gasteiger charge is 2.18. The molecule has 1 aromatic carbocycles. The van der Waals surface area contributed by atoms with Crippen LogP contribution in [0.5, 0.6) is 11.5 Å². The summed E-state index contributed by atoms with van der Waals surface area (Å²) in [6.45, 7) is 4.75. The Hall–Kier alpha value is -2.83. The molecule has 0 spiro atoms. The van der Waals surface area contributed by atoms with Gasteiger partial charge in [-0.3, -0.25) is 4.68 Å². The van der Waals surface area contributed by atoms with Crippen molar-refractivity contribution < 1.29 is 9.84 Å². The fourth-order valence-corrected chi connectivity index (χ4v) is 2.54. The zero-order valence-electron chi connectivity index (χ0n) is 13.9. The number of aryl methyl sites for hydroxylation is 2. The maximum Gasteiger partial charge on any atom is 0.171 e. The van der Waals surface area contributed by atoms with Crippen molar-refractivity contribution in [1.82, 2.24) is 9.78 Å². The Balaban J connectivity index is 2.44. The Morgan fingerprint density at radius 2 is 1.79 bits per heavy atom. The number of benzene rings is 1. The molecular weight excluding hydrogens is 304 g/mol. The second-order valence-electron chi connectivity index (χ2n) is 5.30. The van der Waals surface area contributed by atoms with E-state index in [4.69, 9.17) is 20.4 Å². The number of nitriles is 2. The summed E-state index contributed by atoms with van der Waals surface area (Å²) in [7, 11) is 0. The maximum atomic E-state index is 9.10. The Bertz CT molecular complexity index is 764. The van der Waals surface area contributed by atoms with Crippen LogP contribution in [0.4, 0.5) is 0 Å². The van der Waals surface area contributed by atoms with E-state index in [2.05, 4.69) is 5.10 Å². The minimum absolute atomic E-state index is 0.108. The predicted octanol–water partition coefficient (Wildman–Crippen LogP) is 2.93. The van der Waals surface area contributed by atoms with Crippen molar-refractivity contribution in [2.75, 3.05) is 6.61 Å². The largest absolute Gasteiger partial charge is 0.453 e. The molecule has 0 radical (unpaired) electrons. The van der Waals surface area contributed by atoms with Crippen LogP contribution >= 0.6 is 0 Å². The summed E-state index contributed by atoms with van der Waals surface area (Å²) < 4.78 is 7.88. The summed E-state index contributed by atoms with van der Waals surface area (Å²) in [4.78, 5) is 0. The number of ether oxygens (including phenoxy) is 1. The zero-order chi connectivity index (χ0) is 17.5. The molecule has 0 amide bonds. The molecule has 1 heterocycles. The van der Waals surface area contributed by atoms with Gasteiger partial charge in [0, 0.05) is 13.2 Å². The van der Waals surface area contributed by atoms with Crippen LogP contribution < -0.4 is 4.74 Å².